The minimum absolute atomic E-state index is 0.481. The molecule has 1 aliphatic carbocycles. The molecule has 0 bridgehead atoms. The minimum atomic E-state index is -0.641. The van der Waals surface area contributed by atoms with E-state index in [0.29, 0.717) is 12.5 Å². The van der Waals surface area contributed by atoms with E-state index < -0.39 is 11.7 Å². The Labute approximate surface area is 121 Å². The SMILES string of the molecule is CCOc1ccccc1C(O)C1(OC)CCCC(C)C1. The summed E-state index contributed by atoms with van der Waals surface area (Å²) in [4.78, 5) is 0. The van der Waals surface area contributed by atoms with Gasteiger partial charge in [0.05, 0.1) is 12.2 Å². The van der Waals surface area contributed by atoms with Gasteiger partial charge in [0.25, 0.3) is 0 Å². The summed E-state index contributed by atoms with van der Waals surface area (Å²) >= 11 is 0. The first kappa shape index (κ1) is 15.3. The van der Waals surface area contributed by atoms with Gasteiger partial charge in [-0.05, 0) is 31.7 Å². The van der Waals surface area contributed by atoms with Gasteiger partial charge in [-0.3, -0.25) is 0 Å². The molecule has 1 aromatic carbocycles. The van der Waals surface area contributed by atoms with Crippen LogP contribution in [0.2, 0.25) is 0 Å². The second-order valence-corrected chi connectivity index (χ2v) is 5.84. The Bertz CT molecular complexity index is 432. The predicted octanol–water partition coefficient (Wildman–Crippen LogP) is 3.71. The van der Waals surface area contributed by atoms with Crippen molar-refractivity contribution in [2.45, 2.75) is 51.2 Å². The van der Waals surface area contributed by atoms with Crippen LogP contribution >= 0.6 is 0 Å². The second-order valence-electron chi connectivity index (χ2n) is 5.84. The summed E-state index contributed by atoms with van der Waals surface area (Å²) in [6, 6.07) is 7.73. The second kappa shape index (κ2) is 6.59. The maximum atomic E-state index is 10.9. The van der Waals surface area contributed by atoms with Crippen molar-refractivity contribution in [1.29, 1.82) is 0 Å². The molecule has 0 aromatic heterocycles. The molecular formula is C17H26O3. The number of aliphatic hydroxyl groups is 1. The Balaban J connectivity index is 2.30. The maximum absolute atomic E-state index is 10.9. The lowest BCUT2D eigenvalue weighted by Gasteiger charge is -2.42. The van der Waals surface area contributed by atoms with Gasteiger partial charge in [-0.15, -0.1) is 0 Å². The van der Waals surface area contributed by atoms with Crippen LogP contribution in [0.25, 0.3) is 0 Å². The van der Waals surface area contributed by atoms with Crippen molar-refractivity contribution < 1.29 is 14.6 Å². The van der Waals surface area contributed by atoms with Crippen molar-refractivity contribution in [2.75, 3.05) is 13.7 Å². The van der Waals surface area contributed by atoms with E-state index in [2.05, 4.69) is 6.92 Å². The number of rotatable bonds is 5. The fraction of sp³-hybridized carbons (Fsp3) is 0.647. The van der Waals surface area contributed by atoms with Crippen LogP contribution in [0.15, 0.2) is 24.3 Å². The smallest absolute Gasteiger partial charge is 0.125 e. The third-order valence-electron chi connectivity index (χ3n) is 4.41. The van der Waals surface area contributed by atoms with E-state index in [9.17, 15) is 5.11 Å². The lowest BCUT2D eigenvalue weighted by atomic mass is 9.74. The van der Waals surface area contributed by atoms with Crippen LogP contribution in [0.4, 0.5) is 0 Å². The Morgan fingerprint density at radius 1 is 1.40 bits per heavy atom. The molecule has 3 unspecified atom stereocenters. The molecule has 0 amide bonds. The van der Waals surface area contributed by atoms with Gasteiger partial charge >= 0.3 is 0 Å². The van der Waals surface area contributed by atoms with Crippen LogP contribution in [0.1, 0.15) is 51.2 Å². The molecule has 20 heavy (non-hydrogen) atoms. The molecule has 0 radical (unpaired) electrons. The van der Waals surface area contributed by atoms with Crippen LogP contribution in [0, 0.1) is 5.92 Å². The first-order chi connectivity index (χ1) is 9.63. The zero-order valence-electron chi connectivity index (χ0n) is 12.8. The summed E-state index contributed by atoms with van der Waals surface area (Å²) in [5.74, 6) is 1.34. The average Bonchev–Trinajstić information content (AvgIpc) is 2.47. The number of benzene rings is 1. The third kappa shape index (κ3) is 2.99. The molecule has 3 nitrogen and oxygen atoms in total. The first-order valence-electron chi connectivity index (χ1n) is 7.58. The summed E-state index contributed by atoms with van der Waals surface area (Å²) in [6.45, 7) is 4.78. The van der Waals surface area contributed by atoms with Gasteiger partial charge in [0, 0.05) is 12.7 Å². The third-order valence-corrected chi connectivity index (χ3v) is 4.41. The predicted molar refractivity (Wildman–Crippen MR) is 79.9 cm³/mol. The fourth-order valence-electron chi connectivity index (χ4n) is 3.37. The zero-order valence-corrected chi connectivity index (χ0v) is 12.8. The van der Waals surface area contributed by atoms with Crippen molar-refractivity contribution in [2.24, 2.45) is 5.92 Å². The highest BCUT2D eigenvalue weighted by molar-refractivity contribution is 5.36. The number of hydrogen-bond donors (Lipinski definition) is 1. The summed E-state index contributed by atoms with van der Waals surface area (Å²) in [6.07, 6.45) is 3.46. The number of ether oxygens (including phenoxy) is 2. The van der Waals surface area contributed by atoms with Gasteiger partial charge < -0.3 is 14.6 Å². The Morgan fingerprint density at radius 2 is 2.15 bits per heavy atom. The molecule has 3 heteroatoms. The number of para-hydroxylation sites is 1. The number of hydrogen-bond acceptors (Lipinski definition) is 3. The zero-order chi connectivity index (χ0) is 14.6. The lowest BCUT2D eigenvalue weighted by Crippen LogP contribution is -2.42. The maximum Gasteiger partial charge on any atom is 0.125 e. The summed E-state index contributed by atoms with van der Waals surface area (Å²) < 4.78 is 11.4. The monoisotopic (exact) mass is 278 g/mol. The lowest BCUT2D eigenvalue weighted by molar-refractivity contribution is -0.134. The largest absolute Gasteiger partial charge is 0.493 e. The van der Waals surface area contributed by atoms with Crippen molar-refractivity contribution in [1.82, 2.24) is 0 Å². The number of methoxy groups -OCH3 is 1. The molecule has 0 spiro atoms. The highest BCUT2D eigenvalue weighted by Crippen LogP contribution is 2.45. The standard InChI is InChI=1S/C17H26O3/c1-4-20-15-10-6-5-9-14(15)16(18)17(19-3)11-7-8-13(2)12-17/h5-6,9-10,13,16,18H,4,7-8,11-12H2,1-3H3. The molecule has 3 atom stereocenters. The highest BCUT2D eigenvalue weighted by atomic mass is 16.5. The van der Waals surface area contributed by atoms with Gasteiger partial charge in [0.2, 0.25) is 0 Å². The molecule has 0 aliphatic heterocycles. The van der Waals surface area contributed by atoms with Gasteiger partial charge in [-0.1, -0.05) is 38.0 Å². The Kier molecular flexibility index (Phi) is 5.06. The van der Waals surface area contributed by atoms with E-state index in [4.69, 9.17) is 9.47 Å². The quantitative estimate of drug-likeness (QED) is 0.892. The van der Waals surface area contributed by atoms with Gasteiger partial charge in [0.1, 0.15) is 11.9 Å². The van der Waals surface area contributed by atoms with Gasteiger partial charge in [-0.25, -0.2) is 0 Å². The van der Waals surface area contributed by atoms with E-state index >= 15 is 0 Å². The molecule has 112 valence electrons. The summed E-state index contributed by atoms with van der Waals surface area (Å²) in [7, 11) is 1.71. The Hall–Kier alpha value is -1.06. The van der Waals surface area contributed by atoms with Crippen LogP contribution in [0.5, 0.6) is 5.75 Å². The van der Waals surface area contributed by atoms with Crippen molar-refractivity contribution >= 4 is 0 Å². The Morgan fingerprint density at radius 3 is 2.80 bits per heavy atom. The first-order valence-corrected chi connectivity index (χ1v) is 7.58. The number of aliphatic hydroxyl groups excluding tert-OH is 1. The average molecular weight is 278 g/mol. The van der Waals surface area contributed by atoms with E-state index in [1.165, 1.54) is 6.42 Å². The van der Waals surface area contributed by atoms with Crippen LogP contribution in [-0.4, -0.2) is 24.4 Å². The summed E-state index contributed by atoms with van der Waals surface area (Å²) in [5.41, 5.74) is 0.357. The van der Waals surface area contributed by atoms with Gasteiger partial charge in [-0.2, -0.15) is 0 Å². The van der Waals surface area contributed by atoms with Crippen LogP contribution in [0.3, 0.4) is 0 Å². The molecule has 1 N–H and O–H groups in total. The van der Waals surface area contributed by atoms with E-state index in [-0.39, 0.29) is 0 Å². The van der Waals surface area contributed by atoms with Crippen LogP contribution < -0.4 is 4.74 Å². The normalized spacial score (nSPS) is 28.1. The minimum Gasteiger partial charge on any atom is -0.493 e. The molecule has 2 rings (SSSR count). The topological polar surface area (TPSA) is 38.7 Å². The molecule has 1 aliphatic rings. The molecule has 0 heterocycles. The van der Waals surface area contributed by atoms with Crippen molar-refractivity contribution in [3.8, 4) is 5.75 Å². The highest BCUT2D eigenvalue weighted by Gasteiger charge is 2.43. The fourth-order valence-corrected chi connectivity index (χ4v) is 3.37. The molecular weight excluding hydrogens is 252 g/mol. The molecule has 1 fully saturated rings. The summed E-state index contributed by atoms with van der Waals surface area (Å²) in [5, 5.41) is 10.9. The van der Waals surface area contributed by atoms with E-state index in [0.717, 1.165) is 30.6 Å². The van der Waals surface area contributed by atoms with Crippen molar-refractivity contribution in [3.63, 3.8) is 0 Å². The molecule has 1 aromatic rings. The van der Waals surface area contributed by atoms with E-state index in [1.807, 2.05) is 31.2 Å². The van der Waals surface area contributed by atoms with E-state index in [1.54, 1.807) is 7.11 Å². The van der Waals surface area contributed by atoms with Crippen LogP contribution in [-0.2, 0) is 4.74 Å². The van der Waals surface area contributed by atoms with Crippen molar-refractivity contribution in [3.05, 3.63) is 29.8 Å². The van der Waals surface area contributed by atoms with Gasteiger partial charge in [0.15, 0.2) is 0 Å². The molecule has 1 saturated carbocycles. The molecule has 0 saturated heterocycles.